The molecule has 5 nitrogen and oxygen atoms in total. The number of ether oxygens (including phenoxy) is 1. The number of nitrogens with zero attached hydrogens (tertiary/aromatic N) is 3. The van der Waals surface area contributed by atoms with Crippen molar-refractivity contribution in [1.29, 1.82) is 0 Å². The van der Waals surface area contributed by atoms with E-state index < -0.39 is 0 Å². The summed E-state index contributed by atoms with van der Waals surface area (Å²) in [6, 6.07) is 6.29. The van der Waals surface area contributed by atoms with E-state index in [0.717, 1.165) is 63.0 Å². The molecule has 2 aromatic rings. The Bertz CT molecular complexity index is 726. The lowest BCUT2D eigenvalue weighted by Crippen LogP contribution is -2.35. The zero-order valence-corrected chi connectivity index (χ0v) is 14.8. The molecule has 2 saturated heterocycles. The Kier molecular flexibility index (Phi) is 5.02. The van der Waals surface area contributed by atoms with E-state index in [1.165, 1.54) is 18.5 Å². The molecule has 0 aliphatic carbocycles. The molecular formula is C20H27N3O2. The Morgan fingerprint density at radius 3 is 2.68 bits per heavy atom. The summed E-state index contributed by atoms with van der Waals surface area (Å²) >= 11 is 0. The molecule has 2 aliphatic rings. The summed E-state index contributed by atoms with van der Waals surface area (Å²) < 4.78 is 7.69. The predicted octanol–water partition coefficient (Wildman–Crippen LogP) is 3.33. The third kappa shape index (κ3) is 3.56. The number of rotatable bonds is 3. The molecule has 25 heavy (non-hydrogen) atoms. The fraction of sp³-hybridized carbons (Fsp3) is 0.600. The van der Waals surface area contributed by atoms with E-state index in [0.29, 0.717) is 12.5 Å². The molecule has 0 radical (unpaired) electrons. The lowest BCUT2D eigenvalue weighted by molar-refractivity contribution is -0.131. The molecule has 0 unspecified atom stereocenters. The van der Waals surface area contributed by atoms with Crippen LogP contribution in [0.1, 0.15) is 50.1 Å². The molecule has 5 heteroatoms. The fourth-order valence-corrected chi connectivity index (χ4v) is 4.16. The Morgan fingerprint density at radius 2 is 1.92 bits per heavy atom. The van der Waals surface area contributed by atoms with E-state index >= 15 is 0 Å². The van der Waals surface area contributed by atoms with Gasteiger partial charge in [0, 0.05) is 49.5 Å². The van der Waals surface area contributed by atoms with E-state index in [4.69, 9.17) is 4.74 Å². The molecule has 0 atom stereocenters. The Balaban J connectivity index is 1.63. The standard InChI is InChI=1S/C20H27N3O2/c24-19(22-10-3-1-2-4-11-22)15-23-18(16-7-12-25-13-8-16)14-17-6-5-9-21-20(17)23/h5-6,9,14,16H,1-4,7-8,10-13,15H2. The van der Waals surface area contributed by atoms with Gasteiger partial charge in [-0.05, 0) is 43.9 Å². The van der Waals surface area contributed by atoms with Gasteiger partial charge < -0.3 is 14.2 Å². The summed E-state index contributed by atoms with van der Waals surface area (Å²) in [7, 11) is 0. The van der Waals surface area contributed by atoms with Gasteiger partial charge >= 0.3 is 0 Å². The number of carbonyl (C=O) groups is 1. The SMILES string of the molecule is O=C(Cn1c(C2CCOCC2)cc2cccnc21)N1CCCCCC1. The van der Waals surface area contributed by atoms with Crippen molar-refractivity contribution >= 4 is 16.9 Å². The van der Waals surface area contributed by atoms with Crippen LogP contribution in [-0.2, 0) is 16.1 Å². The van der Waals surface area contributed by atoms with Gasteiger partial charge in [0.2, 0.25) is 5.91 Å². The van der Waals surface area contributed by atoms with Crippen LogP contribution in [0.15, 0.2) is 24.4 Å². The first kappa shape index (κ1) is 16.6. The lowest BCUT2D eigenvalue weighted by atomic mass is 9.96. The second-order valence-electron chi connectivity index (χ2n) is 7.25. The molecule has 0 aromatic carbocycles. The Hall–Kier alpha value is -1.88. The molecule has 2 aromatic heterocycles. The van der Waals surface area contributed by atoms with Gasteiger partial charge in [0.1, 0.15) is 12.2 Å². The number of carbonyl (C=O) groups excluding carboxylic acids is 1. The zero-order chi connectivity index (χ0) is 17.1. The molecular weight excluding hydrogens is 314 g/mol. The topological polar surface area (TPSA) is 47.4 Å². The van der Waals surface area contributed by atoms with Crippen LogP contribution >= 0.6 is 0 Å². The molecule has 134 valence electrons. The second-order valence-corrected chi connectivity index (χ2v) is 7.25. The molecule has 1 amide bonds. The first-order valence-electron chi connectivity index (χ1n) is 9.62. The average Bonchev–Trinajstić information content (AvgIpc) is 2.83. The van der Waals surface area contributed by atoms with Gasteiger partial charge in [-0.15, -0.1) is 0 Å². The number of fused-ring (bicyclic) bond motifs is 1. The maximum atomic E-state index is 12.9. The van der Waals surface area contributed by atoms with Gasteiger partial charge in [-0.2, -0.15) is 0 Å². The number of hydrogen-bond acceptors (Lipinski definition) is 3. The van der Waals surface area contributed by atoms with Crippen molar-refractivity contribution in [2.24, 2.45) is 0 Å². The maximum Gasteiger partial charge on any atom is 0.242 e. The molecule has 2 aliphatic heterocycles. The molecule has 0 bridgehead atoms. The van der Waals surface area contributed by atoms with Crippen LogP contribution in [0.5, 0.6) is 0 Å². The summed E-state index contributed by atoms with van der Waals surface area (Å²) in [6.45, 7) is 3.82. The smallest absolute Gasteiger partial charge is 0.242 e. The van der Waals surface area contributed by atoms with Crippen molar-refractivity contribution in [2.45, 2.75) is 51.0 Å². The highest BCUT2D eigenvalue weighted by Crippen LogP contribution is 2.31. The number of likely N-dealkylation sites (tertiary alicyclic amines) is 1. The fourth-order valence-electron chi connectivity index (χ4n) is 4.16. The number of amides is 1. The Labute approximate surface area is 149 Å². The molecule has 2 fully saturated rings. The minimum atomic E-state index is 0.235. The average molecular weight is 341 g/mol. The minimum absolute atomic E-state index is 0.235. The number of aromatic nitrogens is 2. The lowest BCUT2D eigenvalue weighted by Gasteiger charge is -2.25. The highest BCUT2D eigenvalue weighted by Gasteiger charge is 2.24. The van der Waals surface area contributed by atoms with E-state index in [1.54, 1.807) is 0 Å². The second kappa shape index (κ2) is 7.56. The largest absolute Gasteiger partial charge is 0.381 e. The quantitative estimate of drug-likeness (QED) is 0.860. The monoisotopic (exact) mass is 341 g/mol. The van der Waals surface area contributed by atoms with E-state index in [-0.39, 0.29) is 5.91 Å². The van der Waals surface area contributed by atoms with Crippen LogP contribution in [0.3, 0.4) is 0 Å². The van der Waals surface area contributed by atoms with Gasteiger partial charge in [0.05, 0.1) is 0 Å². The Morgan fingerprint density at radius 1 is 1.16 bits per heavy atom. The summed E-state index contributed by atoms with van der Waals surface area (Å²) in [6.07, 6.45) is 8.61. The number of hydrogen-bond donors (Lipinski definition) is 0. The van der Waals surface area contributed by atoms with Gasteiger partial charge in [-0.1, -0.05) is 12.8 Å². The van der Waals surface area contributed by atoms with Crippen molar-refractivity contribution in [3.8, 4) is 0 Å². The summed E-state index contributed by atoms with van der Waals surface area (Å²) in [5, 5.41) is 1.13. The molecule has 0 spiro atoms. The zero-order valence-electron chi connectivity index (χ0n) is 14.8. The van der Waals surface area contributed by atoms with Crippen LogP contribution < -0.4 is 0 Å². The maximum absolute atomic E-state index is 12.9. The van der Waals surface area contributed by atoms with Crippen LogP contribution in [0.25, 0.3) is 11.0 Å². The highest BCUT2D eigenvalue weighted by atomic mass is 16.5. The molecule has 4 rings (SSSR count). The van der Waals surface area contributed by atoms with E-state index in [9.17, 15) is 4.79 Å². The van der Waals surface area contributed by atoms with Gasteiger partial charge in [-0.25, -0.2) is 4.98 Å². The van der Waals surface area contributed by atoms with Gasteiger partial charge in [-0.3, -0.25) is 4.79 Å². The summed E-state index contributed by atoms with van der Waals surface area (Å²) in [5.41, 5.74) is 2.19. The molecule has 0 saturated carbocycles. The first-order valence-corrected chi connectivity index (χ1v) is 9.62. The van der Waals surface area contributed by atoms with Crippen molar-refractivity contribution in [3.05, 3.63) is 30.1 Å². The van der Waals surface area contributed by atoms with Gasteiger partial charge in [0.25, 0.3) is 0 Å². The minimum Gasteiger partial charge on any atom is -0.381 e. The van der Waals surface area contributed by atoms with Crippen LogP contribution in [0.4, 0.5) is 0 Å². The van der Waals surface area contributed by atoms with Crippen LogP contribution in [0.2, 0.25) is 0 Å². The predicted molar refractivity (Wildman–Crippen MR) is 97.6 cm³/mol. The van der Waals surface area contributed by atoms with Crippen molar-refractivity contribution in [1.82, 2.24) is 14.5 Å². The molecule has 0 N–H and O–H groups in total. The van der Waals surface area contributed by atoms with Crippen LogP contribution in [0, 0.1) is 0 Å². The third-order valence-corrected chi connectivity index (χ3v) is 5.58. The number of pyridine rings is 1. The summed E-state index contributed by atoms with van der Waals surface area (Å²) in [4.78, 5) is 19.6. The third-order valence-electron chi connectivity index (χ3n) is 5.58. The van der Waals surface area contributed by atoms with Crippen molar-refractivity contribution in [3.63, 3.8) is 0 Å². The normalized spacial score (nSPS) is 19.9. The van der Waals surface area contributed by atoms with Gasteiger partial charge in [0.15, 0.2) is 0 Å². The summed E-state index contributed by atoms with van der Waals surface area (Å²) in [5.74, 6) is 0.693. The van der Waals surface area contributed by atoms with Crippen molar-refractivity contribution < 1.29 is 9.53 Å². The molecule has 4 heterocycles. The van der Waals surface area contributed by atoms with E-state index in [1.807, 2.05) is 12.3 Å². The van der Waals surface area contributed by atoms with E-state index in [2.05, 4.69) is 26.6 Å². The highest BCUT2D eigenvalue weighted by molar-refractivity contribution is 5.82. The van der Waals surface area contributed by atoms with Crippen LogP contribution in [-0.4, -0.2) is 46.7 Å². The van der Waals surface area contributed by atoms with Crippen molar-refractivity contribution in [2.75, 3.05) is 26.3 Å². The first-order chi connectivity index (χ1) is 12.3.